The van der Waals surface area contributed by atoms with Crippen LogP contribution in [0.15, 0.2) is 18.3 Å². The lowest BCUT2D eigenvalue weighted by molar-refractivity contribution is 0.0600. The first-order valence-corrected chi connectivity index (χ1v) is 4.90. The number of carbonyl (C=O) groups excluding carboxylic acids is 1. The second-order valence-corrected chi connectivity index (χ2v) is 3.04. The fourth-order valence-electron chi connectivity index (χ4n) is 0.944. The molecule has 1 rings (SSSR count). The fourth-order valence-corrected chi connectivity index (χ4v) is 1.04. The smallest absolute Gasteiger partial charge is 0.338 e. The van der Waals surface area contributed by atoms with E-state index < -0.39 is 5.97 Å². The van der Waals surface area contributed by atoms with Gasteiger partial charge in [-0.25, -0.2) is 9.78 Å². The van der Waals surface area contributed by atoms with Crippen molar-refractivity contribution < 1.29 is 9.53 Å². The van der Waals surface area contributed by atoms with Gasteiger partial charge in [0.05, 0.1) is 12.7 Å². The number of hydrogen-bond acceptors (Lipinski definition) is 3. The van der Waals surface area contributed by atoms with Crippen LogP contribution in [0.3, 0.4) is 0 Å². The Morgan fingerprint density at radius 1 is 1.67 bits per heavy atom. The molecular formula is C11H10ClNO2. The van der Waals surface area contributed by atoms with Crippen LogP contribution >= 0.6 is 11.6 Å². The van der Waals surface area contributed by atoms with E-state index in [1.54, 1.807) is 12.1 Å². The molecule has 1 aromatic rings. The first kappa shape index (κ1) is 11.5. The maximum atomic E-state index is 11.2. The van der Waals surface area contributed by atoms with E-state index in [0.717, 1.165) is 0 Å². The van der Waals surface area contributed by atoms with Gasteiger partial charge in [-0.2, -0.15) is 0 Å². The van der Waals surface area contributed by atoms with Crippen molar-refractivity contribution in [2.24, 2.45) is 0 Å². The molecule has 1 aromatic heterocycles. The van der Waals surface area contributed by atoms with Crippen molar-refractivity contribution in [1.82, 2.24) is 4.98 Å². The molecule has 0 aliphatic rings. The minimum absolute atomic E-state index is 0.391. The lowest BCUT2D eigenvalue weighted by atomic mass is 10.2. The molecule has 0 atom stereocenters. The summed E-state index contributed by atoms with van der Waals surface area (Å²) in [4.78, 5) is 15.2. The predicted octanol–water partition coefficient (Wildman–Crippen LogP) is 1.85. The summed E-state index contributed by atoms with van der Waals surface area (Å²) < 4.78 is 4.58. The molecule has 0 unspecified atom stereocenters. The zero-order valence-corrected chi connectivity index (χ0v) is 9.04. The summed E-state index contributed by atoms with van der Waals surface area (Å²) in [6.45, 7) is 0. The summed E-state index contributed by atoms with van der Waals surface area (Å²) in [6, 6.07) is 3.17. The van der Waals surface area contributed by atoms with Gasteiger partial charge in [0.2, 0.25) is 0 Å². The molecule has 0 spiro atoms. The van der Waals surface area contributed by atoms with Crippen LogP contribution in [-0.2, 0) is 4.74 Å². The third-order valence-corrected chi connectivity index (χ3v) is 1.81. The quantitative estimate of drug-likeness (QED) is 0.436. The van der Waals surface area contributed by atoms with Crippen LogP contribution in [0.4, 0.5) is 0 Å². The number of nitrogens with zero attached hydrogens (tertiary/aromatic N) is 1. The number of methoxy groups -OCH3 is 1. The number of hydrogen-bond donors (Lipinski definition) is 0. The van der Waals surface area contributed by atoms with Gasteiger partial charge in [0.15, 0.2) is 0 Å². The van der Waals surface area contributed by atoms with E-state index in [1.165, 1.54) is 13.3 Å². The van der Waals surface area contributed by atoms with Gasteiger partial charge in [0.25, 0.3) is 0 Å². The molecule has 15 heavy (non-hydrogen) atoms. The van der Waals surface area contributed by atoms with Gasteiger partial charge in [-0.3, -0.25) is 0 Å². The van der Waals surface area contributed by atoms with Crippen molar-refractivity contribution in [1.29, 1.82) is 0 Å². The van der Waals surface area contributed by atoms with E-state index in [-0.39, 0.29) is 0 Å². The fraction of sp³-hybridized carbons (Fsp3) is 0.273. The van der Waals surface area contributed by atoms with Crippen LogP contribution in [0.25, 0.3) is 0 Å². The molecule has 0 fully saturated rings. The van der Waals surface area contributed by atoms with Crippen LogP contribution < -0.4 is 0 Å². The summed E-state index contributed by atoms with van der Waals surface area (Å²) in [5.74, 6) is 5.75. The average Bonchev–Trinajstić information content (AvgIpc) is 2.29. The summed E-state index contributed by atoms with van der Waals surface area (Å²) in [5.41, 5.74) is 0.991. The van der Waals surface area contributed by atoms with Gasteiger partial charge in [-0.15, -0.1) is 11.6 Å². The first-order chi connectivity index (χ1) is 7.27. The first-order valence-electron chi connectivity index (χ1n) is 4.37. The Balaban J connectivity index is 2.84. The molecule has 0 N–H and O–H groups in total. The number of aromatic nitrogens is 1. The number of rotatable bonds is 2. The molecular weight excluding hydrogens is 214 g/mol. The minimum atomic E-state index is -0.391. The van der Waals surface area contributed by atoms with Gasteiger partial charge in [-0.1, -0.05) is 5.92 Å². The van der Waals surface area contributed by atoms with E-state index in [2.05, 4.69) is 21.6 Å². The summed E-state index contributed by atoms with van der Waals surface area (Å²) in [6.07, 6.45) is 2.13. The SMILES string of the molecule is COC(=O)c1ccnc(C#CCCCl)c1. The third-order valence-electron chi connectivity index (χ3n) is 1.62. The van der Waals surface area contributed by atoms with Crippen molar-refractivity contribution in [3.05, 3.63) is 29.6 Å². The molecule has 0 aromatic carbocycles. The molecule has 0 amide bonds. The standard InChI is InChI=1S/C11H10ClNO2/c1-15-11(14)9-5-7-13-10(8-9)4-2-3-6-12/h5,7-8H,3,6H2,1H3. The largest absolute Gasteiger partial charge is 0.465 e. The Hall–Kier alpha value is -1.53. The second kappa shape index (κ2) is 6.05. The highest BCUT2D eigenvalue weighted by molar-refractivity contribution is 6.18. The van der Waals surface area contributed by atoms with Crippen molar-refractivity contribution in [3.8, 4) is 11.8 Å². The third kappa shape index (κ3) is 3.61. The monoisotopic (exact) mass is 223 g/mol. The Morgan fingerprint density at radius 3 is 3.13 bits per heavy atom. The van der Waals surface area contributed by atoms with Crippen molar-refractivity contribution in [2.75, 3.05) is 13.0 Å². The zero-order valence-electron chi connectivity index (χ0n) is 8.29. The number of pyridine rings is 1. The maximum absolute atomic E-state index is 11.2. The van der Waals surface area contributed by atoms with Gasteiger partial charge >= 0.3 is 5.97 Å². The molecule has 0 bridgehead atoms. The summed E-state index contributed by atoms with van der Waals surface area (Å²) >= 11 is 5.47. The number of carbonyl (C=O) groups is 1. The van der Waals surface area contributed by atoms with Gasteiger partial charge < -0.3 is 4.74 Å². The van der Waals surface area contributed by atoms with E-state index in [1.807, 2.05) is 0 Å². The summed E-state index contributed by atoms with van der Waals surface area (Å²) in [5, 5.41) is 0. The topological polar surface area (TPSA) is 39.2 Å². The van der Waals surface area contributed by atoms with E-state index >= 15 is 0 Å². The Morgan fingerprint density at radius 2 is 2.47 bits per heavy atom. The molecule has 3 nitrogen and oxygen atoms in total. The van der Waals surface area contributed by atoms with Crippen molar-refractivity contribution in [3.63, 3.8) is 0 Å². The van der Waals surface area contributed by atoms with Crippen LogP contribution in [-0.4, -0.2) is 23.9 Å². The van der Waals surface area contributed by atoms with E-state index in [9.17, 15) is 4.79 Å². The molecule has 0 saturated heterocycles. The predicted molar refractivity (Wildman–Crippen MR) is 57.8 cm³/mol. The van der Waals surface area contributed by atoms with E-state index in [4.69, 9.17) is 11.6 Å². The Bertz CT molecular complexity index is 407. The van der Waals surface area contributed by atoms with Gasteiger partial charge in [0.1, 0.15) is 5.69 Å². The molecule has 0 aliphatic heterocycles. The molecule has 0 aliphatic carbocycles. The van der Waals surface area contributed by atoms with E-state index in [0.29, 0.717) is 23.6 Å². The zero-order chi connectivity index (χ0) is 11.1. The number of esters is 1. The lowest BCUT2D eigenvalue weighted by Crippen LogP contribution is -2.01. The number of halogens is 1. The van der Waals surface area contributed by atoms with Crippen LogP contribution in [0, 0.1) is 11.8 Å². The number of ether oxygens (including phenoxy) is 1. The normalized spacial score (nSPS) is 8.93. The van der Waals surface area contributed by atoms with Crippen molar-refractivity contribution >= 4 is 17.6 Å². The molecule has 78 valence electrons. The Labute approximate surface area is 93.4 Å². The second-order valence-electron chi connectivity index (χ2n) is 2.66. The summed E-state index contributed by atoms with van der Waals surface area (Å²) in [7, 11) is 1.33. The molecule has 0 saturated carbocycles. The average molecular weight is 224 g/mol. The highest BCUT2D eigenvalue weighted by atomic mass is 35.5. The highest BCUT2D eigenvalue weighted by Gasteiger charge is 2.04. The molecule has 0 radical (unpaired) electrons. The lowest BCUT2D eigenvalue weighted by Gasteiger charge is -1.97. The highest BCUT2D eigenvalue weighted by Crippen LogP contribution is 2.02. The minimum Gasteiger partial charge on any atom is -0.465 e. The number of alkyl halides is 1. The van der Waals surface area contributed by atoms with Crippen LogP contribution in [0.5, 0.6) is 0 Å². The Kier molecular flexibility index (Phi) is 4.65. The van der Waals surface area contributed by atoms with Gasteiger partial charge in [0, 0.05) is 18.5 Å². The van der Waals surface area contributed by atoms with Gasteiger partial charge in [-0.05, 0) is 18.1 Å². The van der Waals surface area contributed by atoms with Crippen LogP contribution in [0.1, 0.15) is 22.5 Å². The molecule has 4 heteroatoms. The molecule has 1 heterocycles. The van der Waals surface area contributed by atoms with Crippen LogP contribution in [0.2, 0.25) is 0 Å². The maximum Gasteiger partial charge on any atom is 0.338 e. The van der Waals surface area contributed by atoms with Crippen molar-refractivity contribution in [2.45, 2.75) is 6.42 Å².